The Morgan fingerprint density at radius 2 is 1.97 bits per heavy atom. The lowest BCUT2D eigenvalue weighted by atomic mass is 10.1. The van der Waals surface area contributed by atoms with Gasteiger partial charge in [-0.05, 0) is 50.8 Å². The van der Waals surface area contributed by atoms with Gasteiger partial charge in [-0.3, -0.25) is 14.3 Å². The molecular weight excluding hydrogens is 399 g/mol. The SMILES string of the molecule is Cc1cnn(CC(=O)N2CCC[C@@H](NC(=O)c3ccc(C(F)(F)F)nc3C)CC2)c1. The van der Waals surface area contributed by atoms with Gasteiger partial charge in [0.1, 0.15) is 12.2 Å². The van der Waals surface area contributed by atoms with Gasteiger partial charge in [0, 0.05) is 25.3 Å². The largest absolute Gasteiger partial charge is 0.433 e. The molecule has 0 bridgehead atoms. The molecule has 1 N–H and O–H groups in total. The van der Waals surface area contributed by atoms with Gasteiger partial charge >= 0.3 is 6.18 Å². The number of amides is 2. The monoisotopic (exact) mass is 423 g/mol. The van der Waals surface area contributed by atoms with Gasteiger partial charge < -0.3 is 10.2 Å². The summed E-state index contributed by atoms with van der Waals surface area (Å²) in [6.45, 7) is 4.54. The number of nitrogens with zero attached hydrogens (tertiary/aromatic N) is 4. The van der Waals surface area contributed by atoms with Crippen LogP contribution in [-0.2, 0) is 17.5 Å². The van der Waals surface area contributed by atoms with Gasteiger partial charge in [-0.15, -0.1) is 0 Å². The number of carbonyl (C=O) groups is 2. The molecule has 1 aliphatic heterocycles. The number of halogens is 3. The van der Waals surface area contributed by atoms with Crippen molar-refractivity contribution in [3.63, 3.8) is 0 Å². The molecule has 3 rings (SSSR count). The van der Waals surface area contributed by atoms with Gasteiger partial charge in [-0.2, -0.15) is 18.3 Å². The van der Waals surface area contributed by atoms with E-state index in [1.165, 1.54) is 6.92 Å². The van der Waals surface area contributed by atoms with Crippen LogP contribution in [0.4, 0.5) is 13.2 Å². The lowest BCUT2D eigenvalue weighted by Gasteiger charge is -2.21. The normalized spacial score (nSPS) is 17.5. The van der Waals surface area contributed by atoms with Crippen molar-refractivity contribution < 1.29 is 22.8 Å². The van der Waals surface area contributed by atoms with E-state index >= 15 is 0 Å². The second kappa shape index (κ2) is 8.85. The number of hydrogen-bond donors (Lipinski definition) is 1. The fourth-order valence-electron chi connectivity index (χ4n) is 3.50. The Morgan fingerprint density at radius 1 is 1.20 bits per heavy atom. The Bertz CT molecular complexity index is 925. The predicted octanol–water partition coefficient (Wildman–Crippen LogP) is 2.72. The first-order chi connectivity index (χ1) is 14.1. The van der Waals surface area contributed by atoms with Crippen LogP contribution in [0, 0.1) is 13.8 Å². The number of alkyl halides is 3. The van der Waals surface area contributed by atoms with Gasteiger partial charge in [-0.1, -0.05) is 0 Å². The highest BCUT2D eigenvalue weighted by Crippen LogP contribution is 2.28. The molecule has 1 atom stereocenters. The highest BCUT2D eigenvalue weighted by molar-refractivity contribution is 5.95. The number of likely N-dealkylation sites (tertiary alicyclic amines) is 1. The second-order valence-corrected chi connectivity index (χ2v) is 7.52. The summed E-state index contributed by atoms with van der Waals surface area (Å²) in [6, 6.07) is 1.80. The molecule has 3 heterocycles. The summed E-state index contributed by atoms with van der Waals surface area (Å²) in [6.07, 6.45) is 0.926. The van der Waals surface area contributed by atoms with Gasteiger partial charge in [0.15, 0.2) is 0 Å². The van der Waals surface area contributed by atoms with E-state index in [4.69, 9.17) is 0 Å². The van der Waals surface area contributed by atoms with E-state index in [1.807, 2.05) is 6.92 Å². The molecule has 0 aliphatic carbocycles. The average molecular weight is 423 g/mol. The molecule has 30 heavy (non-hydrogen) atoms. The third kappa shape index (κ3) is 5.37. The van der Waals surface area contributed by atoms with Crippen LogP contribution in [0.3, 0.4) is 0 Å². The standard InChI is InChI=1S/C20H24F3N5O2/c1-13-10-24-28(11-13)12-18(29)27-8-3-4-15(7-9-27)26-19(30)16-5-6-17(20(21,22)23)25-14(16)2/h5-6,10-11,15H,3-4,7-9,12H2,1-2H3,(H,26,30)/t15-/m1/s1. The van der Waals surface area contributed by atoms with Gasteiger partial charge in [0.05, 0.1) is 17.5 Å². The van der Waals surface area contributed by atoms with E-state index in [0.717, 1.165) is 24.1 Å². The average Bonchev–Trinajstić information content (AvgIpc) is 2.93. The molecule has 0 unspecified atom stereocenters. The highest BCUT2D eigenvalue weighted by atomic mass is 19.4. The maximum absolute atomic E-state index is 12.8. The zero-order valence-electron chi connectivity index (χ0n) is 16.9. The van der Waals surface area contributed by atoms with E-state index in [9.17, 15) is 22.8 Å². The summed E-state index contributed by atoms with van der Waals surface area (Å²) in [5.41, 5.74) is 0.110. The molecular formula is C20H24F3N5O2. The van der Waals surface area contributed by atoms with Crippen molar-refractivity contribution in [3.05, 3.63) is 47.0 Å². The molecule has 0 spiro atoms. The van der Waals surface area contributed by atoms with E-state index in [0.29, 0.717) is 25.9 Å². The smallest absolute Gasteiger partial charge is 0.349 e. The number of rotatable bonds is 4. The Kier molecular flexibility index (Phi) is 6.42. The van der Waals surface area contributed by atoms with E-state index in [2.05, 4.69) is 15.4 Å². The predicted molar refractivity (Wildman–Crippen MR) is 103 cm³/mol. The van der Waals surface area contributed by atoms with Crippen molar-refractivity contribution in [2.24, 2.45) is 0 Å². The van der Waals surface area contributed by atoms with Gasteiger partial charge in [0.2, 0.25) is 5.91 Å². The maximum atomic E-state index is 12.8. The summed E-state index contributed by atoms with van der Waals surface area (Å²) >= 11 is 0. The molecule has 162 valence electrons. The van der Waals surface area contributed by atoms with Crippen LogP contribution in [0.25, 0.3) is 0 Å². The van der Waals surface area contributed by atoms with Crippen LogP contribution in [0.15, 0.2) is 24.5 Å². The third-order valence-electron chi connectivity index (χ3n) is 5.10. The van der Waals surface area contributed by atoms with Crippen molar-refractivity contribution in [1.82, 2.24) is 25.0 Å². The number of nitrogens with one attached hydrogen (secondary N) is 1. The number of aromatic nitrogens is 3. The van der Waals surface area contributed by atoms with Crippen LogP contribution in [0.1, 0.15) is 46.6 Å². The minimum Gasteiger partial charge on any atom is -0.349 e. The Hall–Kier alpha value is -2.91. The summed E-state index contributed by atoms with van der Waals surface area (Å²) in [5.74, 6) is -0.488. The fourth-order valence-corrected chi connectivity index (χ4v) is 3.50. The topological polar surface area (TPSA) is 80.1 Å². The summed E-state index contributed by atoms with van der Waals surface area (Å²) in [7, 11) is 0. The van der Waals surface area contributed by atoms with Gasteiger partial charge in [-0.25, -0.2) is 4.98 Å². The third-order valence-corrected chi connectivity index (χ3v) is 5.10. The fraction of sp³-hybridized carbons (Fsp3) is 0.500. The first-order valence-corrected chi connectivity index (χ1v) is 9.76. The Balaban J connectivity index is 1.57. The van der Waals surface area contributed by atoms with Crippen LogP contribution < -0.4 is 5.32 Å². The molecule has 2 aromatic heterocycles. The van der Waals surface area contributed by atoms with Crippen LogP contribution in [0.2, 0.25) is 0 Å². The Morgan fingerprint density at radius 3 is 2.60 bits per heavy atom. The molecule has 1 fully saturated rings. The molecule has 0 aromatic carbocycles. The zero-order valence-corrected chi connectivity index (χ0v) is 16.9. The first-order valence-electron chi connectivity index (χ1n) is 9.76. The van der Waals surface area contributed by atoms with Crippen molar-refractivity contribution in [2.45, 2.75) is 51.9 Å². The lowest BCUT2D eigenvalue weighted by Crippen LogP contribution is -2.38. The number of pyridine rings is 1. The molecule has 1 aliphatic rings. The quantitative estimate of drug-likeness (QED) is 0.820. The van der Waals surface area contributed by atoms with Gasteiger partial charge in [0.25, 0.3) is 5.91 Å². The van der Waals surface area contributed by atoms with E-state index < -0.39 is 17.8 Å². The zero-order chi connectivity index (χ0) is 21.9. The minimum atomic E-state index is -4.55. The van der Waals surface area contributed by atoms with Crippen molar-refractivity contribution in [1.29, 1.82) is 0 Å². The molecule has 10 heteroatoms. The van der Waals surface area contributed by atoms with Crippen LogP contribution in [-0.4, -0.2) is 50.6 Å². The van der Waals surface area contributed by atoms with E-state index in [1.54, 1.807) is 22.0 Å². The molecule has 0 radical (unpaired) electrons. The number of aryl methyl sites for hydroxylation is 2. The lowest BCUT2D eigenvalue weighted by molar-refractivity contribution is -0.141. The Labute approximate surface area is 172 Å². The minimum absolute atomic E-state index is 0.0299. The van der Waals surface area contributed by atoms with Crippen LogP contribution >= 0.6 is 0 Å². The highest BCUT2D eigenvalue weighted by Gasteiger charge is 2.33. The molecule has 2 aromatic rings. The number of carbonyl (C=O) groups excluding carboxylic acids is 2. The first kappa shape index (κ1) is 21.8. The summed E-state index contributed by atoms with van der Waals surface area (Å²) in [4.78, 5) is 30.3. The van der Waals surface area contributed by atoms with E-state index in [-0.39, 0.29) is 29.8 Å². The van der Waals surface area contributed by atoms with Crippen LogP contribution in [0.5, 0.6) is 0 Å². The molecule has 2 amide bonds. The maximum Gasteiger partial charge on any atom is 0.433 e. The molecule has 0 saturated carbocycles. The molecule has 1 saturated heterocycles. The van der Waals surface area contributed by atoms with Crippen molar-refractivity contribution in [2.75, 3.05) is 13.1 Å². The summed E-state index contributed by atoms with van der Waals surface area (Å²) in [5, 5.41) is 7.00. The van der Waals surface area contributed by atoms with Crippen molar-refractivity contribution in [3.8, 4) is 0 Å². The summed E-state index contributed by atoms with van der Waals surface area (Å²) < 4.78 is 39.9. The number of hydrogen-bond acceptors (Lipinski definition) is 4. The molecule has 7 nitrogen and oxygen atoms in total. The second-order valence-electron chi connectivity index (χ2n) is 7.52. The van der Waals surface area contributed by atoms with Crippen molar-refractivity contribution >= 4 is 11.8 Å².